The van der Waals surface area contributed by atoms with Crippen molar-refractivity contribution in [3.8, 4) is 17.6 Å². The van der Waals surface area contributed by atoms with Crippen LogP contribution in [0.1, 0.15) is 24.2 Å². The first-order chi connectivity index (χ1) is 13.5. The molecular weight excluding hydrogens is 374 g/mol. The lowest BCUT2D eigenvalue weighted by atomic mass is 10.0. The van der Waals surface area contributed by atoms with Crippen LogP contribution in [0.25, 0.3) is 0 Å². The molecule has 1 aliphatic heterocycles. The Morgan fingerprint density at radius 2 is 1.89 bits per heavy atom. The van der Waals surface area contributed by atoms with Crippen molar-refractivity contribution in [3.63, 3.8) is 0 Å². The van der Waals surface area contributed by atoms with Crippen molar-refractivity contribution in [1.82, 2.24) is 5.32 Å². The van der Waals surface area contributed by atoms with Gasteiger partial charge in [0.25, 0.3) is 5.91 Å². The molecule has 0 radical (unpaired) electrons. The largest absolute Gasteiger partial charge is 0.493 e. The van der Waals surface area contributed by atoms with Gasteiger partial charge in [-0.15, -0.1) is 12.6 Å². The second kappa shape index (κ2) is 8.28. The van der Waals surface area contributed by atoms with Crippen molar-refractivity contribution in [3.05, 3.63) is 64.2 Å². The zero-order valence-corrected chi connectivity index (χ0v) is 16.8. The molecule has 3 rings (SSSR count). The van der Waals surface area contributed by atoms with Gasteiger partial charge in [-0.1, -0.05) is 31.2 Å². The molecule has 2 aromatic carbocycles. The van der Waals surface area contributed by atoms with Crippen LogP contribution < -0.4 is 19.7 Å². The molecule has 28 heavy (non-hydrogen) atoms. The number of rotatable bonds is 5. The molecule has 2 aromatic rings. The number of benzene rings is 2. The zero-order chi connectivity index (χ0) is 20.3. The molecule has 1 atom stereocenters. The summed E-state index contributed by atoms with van der Waals surface area (Å²) in [4.78, 5) is 14.4. The Labute approximate surface area is 169 Å². The van der Waals surface area contributed by atoms with E-state index < -0.39 is 12.1 Å². The number of nitriles is 1. The Balaban J connectivity index is 2.20. The number of nitrogens with one attached hydrogen (secondary N) is 1. The molecule has 0 saturated heterocycles. The number of anilines is 1. The molecule has 144 valence electrons. The Morgan fingerprint density at radius 1 is 1.18 bits per heavy atom. The van der Waals surface area contributed by atoms with Gasteiger partial charge in [-0.3, -0.25) is 4.79 Å². The molecule has 1 amide bonds. The van der Waals surface area contributed by atoms with E-state index in [9.17, 15) is 10.1 Å². The number of ether oxygens (including phenoxy) is 2. The molecule has 0 aromatic heterocycles. The van der Waals surface area contributed by atoms with Crippen LogP contribution in [-0.4, -0.2) is 20.1 Å². The number of amides is 1. The van der Waals surface area contributed by atoms with Crippen LogP contribution in [0.5, 0.6) is 11.5 Å². The summed E-state index contributed by atoms with van der Waals surface area (Å²) < 4.78 is 10.7. The molecule has 1 heterocycles. The van der Waals surface area contributed by atoms with E-state index in [1.807, 2.05) is 47.4 Å². The van der Waals surface area contributed by atoms with Crippen molar-refractivity contribution in [2.24, 2.45) is 0 Å². The van der Waals surface area contributed by atoms with Crippen molar-refractivity contribution < 1.29 is 14.3 Å². The number of nitrogens with zero attached hydrogens (tertiary/aromatic N) is 2. The van der Waals surface area contributed by atoms with E-state index in [0.29, 0.717) is 16.5 Å². The van der Waals surface area contributed by atoms with Crippen molar-refractivity contribution in [2.75, 3.05) is 19.1 Å². The van der Waals surface area contributed by atoms with E-state index in [2.05, 4.69) is 24.9 Å². The van der Waals surface area contributed by atoms with Crippen LogP contribution in [0.4, 0.5) is 5.69 Å². The fraction of sp³-hybridized carbons (Fsp3) is 0.238. The highest BCUT2D eigenvalue weighted by Gasteiger charge is 2.35. The minimum absolute atomic E-state index is 0.0223. The maximum Gasteiger partial charge on any atom is 0.266 e. The first-order valence-electron chi connectivity index (χ1n) is 8.78. The third-order valence-corrected chi connectivity index (χ3v) is 5.11. The molecule has 1 unspecified atom stereocenters. The molecule has 6 nitrogen and oxygen atoms in total. The average molecular weight is 395 g/mol. The molecule has 0 bridgehead atoms. The first-order valence-corrected chi connectivity index (χ1v) is 9.23. The standard InChI is InChI=1S/C21H21N3O3S/c1-4-13-7-5-6-8-16(13)24-19(23-20(25)15(12-22)21(24)28)14-9-10-17(26-2)18(11-14)27-3/h5-11,19,28H,4H2,1-3H3,(H,23,25). The lowest BCUT2D eigenvalue weighted by Crippen LogP contribution is -2.46. The van der Waals surface area contributed by atoms with Gasteiger partial charge in [0.15, 0.2) is 11.5 Å². The molecule has 1 N–H and O–H groups in total. The zero-order valence-electron chi connectivity index (χ0n) is 15.9. The third-order valence-electron chi connectivity index (χ3n) is 4.67. The Hall–Kier alpha value is -3.11. The molecule has 1 aliphatic rings. The first kappa shape index (κ1) is 19.6. The molecule has 0 spiro atoms. The number of hydrogen-bond donors (Lipinski definition) is 2. The summed E-state index contributed by atoms with van der Waals surface area (Å²) in [7, 11) is 3.13. The van der Waals surface area contributed by atoms with E-state index >= 15 is 0 Å². The highest BCUT2D eigenvalue weighted by atomic mass is 32.1. The maximum absolute atomic E-state index is 12.5. The monoisotopic (exact) mass is 395 g/mol. The number of aryl methyl sites for hydroxylation is 1. The topological polar surface area (TPSA) is 74.6 Å². The number of methoxy groups -OCH3 is 2. The van der Waals surface area contributed by atoms with Crippen molar-refractivity contribution in [2.45, 2.75) is 19.5 Å². The van der Waals surface area contributed by atoms with Crippen LogP contribution in [0.15, 0.2) is 53.1 Å². The second-order valence-corrected chi connectivity index (χ2v) is 6.58. The fourth-order valence-electron chi connectivity index (χ4n) is 3.26. The van der Waals surface area contributed by atoms with E-state index in [1.165, 1.54) is 0 Å². The quantitative estimate of drug-likeness (QED) is 0.757. The minimum atomic E-state index is -0.551. The smallest absolute Gasteiger partial charge is 0.266 e. The summed E-state index contributed by atoms with van der Waals surface area (Å²) in [6.45, 7) is 2.06. The predicted molar refractivity (Wildman–Crippen MR) is 110 cm³/mol. The summed E-state index contributed by atoms with van der Waals surface area (Å²) in [6, 6.07) is 15.3. The maximum atomic E-state index is 12.5. The number of carbonyl (C=O) groups is 1. The summed E-state index contributed by atoms with van der Waals surface area (Å²) >= 11 is 4.55. The lowest BCUT2D eigenvalue weighted by Gasteiger charge is -2.39. The number of thiol groups is 1. The van der Waals surface area contributed by atoms with Gasteiger partial charge in [-0.05, 0) is 35.7 Å². The van der Waals surface area contributed by atoms with Gasteiger partial charge in [-0.25, -0.2) is 0 Å². The number of hydrogen-bond acceptors (Lipinski definition) is 6. The number of carbonyl (C=O) groups excluding carboxylic acids is 1. The second-order valence-electron chi connectivity index (χ2n) is 6.15. The van der Waals surface area contributed by atoms with Crippen molar-refractivity contribution >= 4 is 24.2 Å². The highest BCUT2D eigenvalue weighted by Crippen LogP contribution is 2.39. The molecule has 0 saturated carbocycles. The van der Waals surface area contributed by atoms with Crippen LogP contribution in [0, 0.1) is 11.3 Å². The van der Waals surface area contributed by atoms with Crippen LogP contribution in [0.2, 0.25) is 0 Å². The minimum Gasteiger partial charge on any atom is -0.493 e. The van der Waals surface area contributed by atoms with Gasteiger partial charge in [-0.2, -0.15) is 5.26 Å². The van der Waals surface area contributed by atoms with Crippen LogP contribution in [0.3, 0.4) is 0 Å². The van der Waals surface area contributed by atoms with Gasteiger partial charge < -0.3 is 19.7 Å². The van der Waals surface area contributed by atoms with E-state index in [1.54, 1.807) is 20.3 Å². The van der Waals surface area contributed by atoms with Crippen LogP contribution >= 0.6 is 12.6 Å². The Kier molecular flexibility index (Phi) is 5.81. The molecular formula is C21H21N3O3S. The van der Waals surface area contributed by atoms with E-state index in [-0.39, 0.29) is 5.57 Å². The SMILES string of the molecule is CCc1ccccc1N1C(S)=C(C#N)C(=O)NC1c1ccc(OC)c(OC)c1. The normalized spacial score (nSPS) is 16.5. The van der Waals surface area contributed by atoms with E-state index in [4.69, 9.17) is 9.47 Å². The molecule has 0 fully saturated rings. The van der Waals surface area contributed by atoms with Gasteiger partial charge in [0.05, 0.1) is 19.2 Å². The average Bonchev–Trinajstić information content (AvgIpc) is 2.73. The number of para-hydroxylation sites is 1. The summed E-state index contributed by atoms with van der Waals surface area (Å²) in [6.07, 6.45) is 0.243. The van der Waals surface area contributed by atoms with Gasteiger partial charge >= 0.3 is 0 Å². The Morgan fingerprint density at radius 3 is 2.54 bits per heavy atom. The van der Waals surface area contributed by atoms with E-state index in [0.717, 1.165) is 23.2 Å². The predicted octanol–water partition coefficient (Wildman–Crippen LogP) is 3.57. The Bertz CT molecular complexity index is 981. The van der Waals surface area contributed by atoms with Gasteiger partial charge in [0, 0.05) is 5.69 Å². The fourth-order valence-corrected chi connectivity index (χ4v) is 3.63. The highest BCUT2D eigenvalue weighted by molar-refractivity contribution is 7.84. The van der Waals surface area contributed by atoms with Gasteiger partial charge in [0.2, 0.25) is 0 Å². The summed E-state index contributed by atoms with van der Waals surface area (Å²) in [5.41, 5.74) is 2.71. The van der Waals surface area contributed by atoms with Crippen molar-refractivity contribution in [1.29, 1.82) is 5.26 Å². The summed E-state index contributed by atoms with van der Waals surface area (Å²) in [5, 5.41) is 12.7. The third kappa shape index (κ3) is 3.39. The molecule has 7 heteroatoms. The summed E-state index contributed by atoms with van der Waals surface area (Å²) in [5.74, 6) is 0.680. The molecule has 0 aliphatic carbocycles. The van der Waals surface area contributed by atoms with Crippen LogP contribution in [-0.2, 0) is 11.2 Å². The lowest BCUT2D eigenvalue weighted by molar-refractivity contribution is -0.118. The van der Waals surface area contributed by atoms with Gasteiger partial charge in [0.1, 0.15) is 17.8 Å².